The van der Waals surface area contributed by atoms with Gasteiger partial charge >= 0.3 is 6.09 Å². The summed E-state index contributed by atoms with van der Waals surface area (Å²) >= 11 is 0. The van der Waals surface area contributed by atoms with E-state index in [1.165, 1.54) is 4.90 Å². The molecule has 1 aliphatic rings. The van der Waals surface area contributed by atoms with Gasteiger partial charge < -0.3 is 15.7 Å². The van der Waals surface area contributed by atoms with Gasteiger partial charge in [-0.2, -0.15) is 5.10 Å². The van der Waals surface area contributed by atoms with Crippen molar-refractivity contribution in [2.75, 3.05) is 6.54 Å². The highest BCUT2D eigenvalue weighted by Gasteiger charge is 2.31. The van der Waals surface area contributed by atoms with E-state index in [0.29, 0.717) is 6.54 Å². The number of hydrogen-bond donors (Lipinski definition) is 2. The van der Waals surface area contributed by atoms with E-state index < -0.39 is 6.09 Å². The Morgan fingerprint density at radius 3 is 2.96 bits per heavy atom. The number of nitrogens with two attached hydrogens (primary N) is 1. The van der Waals surface area contributed by atoms with Crippen molar-refractivity contribution < 1.29 is 9.90 Å². The van der Waals surface area contributed by atoms with Gasteiger partial charge in [0.25, 0.3) is 0 Å². The van der Waals surface area contributed by atoms with Crippen LogP contribution in [0.1, 0.15) is 37.8 Å². The molecule has 2 aromatic rings. The first-order valence-electron chi connectivity index (χ1n) is 8.48. The van der Waals surface area contributed by atoms with Crippen molar-refractivity contribution in [3.63, 3.8) is 0 Å². The highest BCUT2D eigenvalue weighted by molar-refractivity contribution is 5.66. The lowest BCUT2D eigenvalue weighted by atomic mass is 9.90. The van der Waals surface area contributed by atoms with E-state index in [2.05, 4.69) is 11.2 Å². The first-order valence-corrected chi connectivity index (χ1v) is 8.48. The smallest absolute Gasteiger partial charge is 0.407 e. The number of amides is 1. The van der Waals surface area contributed by atoms with Crippen LogP contribution >= 0.6 is 0 Å². The zero-order valence-electron chi connectivity index (χ0n) is 13.9. The lowest BCUT2D eigenvalue weighted by Crippen LogP contribution is -2.48. The van der Waals surface area contributed by atoms with Gasteiger partial charge in [0.1, 0.15) is 0 Å². The summed E-state index contributed by atoms with van der Waals surface area (Å²) in [7, 11) is 0. The SMILES string of the molecule is CCn1cc(-c2cccc([C@@H](N)[C@H]3CCCCN3C(=O)O)c2)cn1. The molecule has 1 aromatic heterocycles. The third-order valence-electron chi connectivity index (χ3n) is 4.77. The second-order valence-electron chi connectivity index (χ2n) is 6.28. The molecule has 0 bridgehead atoms. The summed E-state index contributed by atoms with van der Waals surface area (Å²) in [6.45, 7) is 3.44. The van der Waals surface area contributed by atoms with Gasteiger partial charge in [0.15, 0.2) is 0 Å². The van der Waals surface area contributed by atoms with Crippen LogP contribution in [0.2, 0.25) is 0 Å². The average Bonchev–Trinajstić information content (AvgIpc) is 3.10. The summed E-state index contributed by atoms with van der Waals surface area (Å²) < 4.78 is 1.88. The number of carbonyl (C=O) groups is 1. The normalized spacial score (nSPS) is 19.2. The summed E-state index contributed by atoms with van der Waals surface area (Å²) in [5.74, 6) is 0. The maximum absolute atomic E-state index is 11.5. The predicted octanol–water partition coefficient (Wildman–Crippen LogP) is 3.10. The van der Waals surface area contributed by atoms with Gasteiger partial charge in [0.05, 0.1) is 18.3 Å². The van der Waals surface area contributed by atoms with Crippen molar-refractivity contribution >= 4 is 6.09 Å². The van der Waals surface area contributed by atoms with Crippen LogP contribution in [-0.2, 0) is 6.54 Å². The van der Waals surface area contributed by atoms with Gasteiger partial charge in [-0.1, -0.05) is 18.2 Å². The molecule has 1 saturated heterocycles. The molecule has 3 rings (SSSR count). The van der Waals surface area contributed by atoms with E-state index in [0.717, 1.165) is 42.5 Å². The quantitative estimate of drug-likeness (QED) is 0.903. The molecular weight excluding hydrogens is 304 g/mol. The largest absolute Gasteiger partial charge is 0.465 e. The third-order valence-corrected chi connectivity index (χ3v) is 4.77. The zero-order valence-corrected chi connectivity index (χ0v) is 13.9. The van der Waals surface area contributed by atoms with Crippen LogP contribution in [0, 0.1) is 0 Å². The molecule has 1 aliphatic heterocycles. The van der Waals surface area contributed by atoms with Crippen molar-refractivity contribution in [3.8, 4) is 11.1 Å². The molecule has 1 amide bonds. The summed E-state index contributed by atoms with van der Waals surface area (Å²) in [4.78, 5) is 13.0. The van der Waals surface area contributed by atoms with Crippen LogP contribution in [0.5, 0.6) is 0 Å². The molecule has 0 aliphatic carbocycles. The number of carboxylic acid groups (broad SMARTS) is 1. The minimum absolute atomic E-state index is 0.162. The highest BCUT2D eigenvalue weighted by atomic mass is 16.4. The van der Waals surface area contributed by atoms with Crippen molar-refractivity contribution in [1.82, 2.24) is 14.7 Å². The van der Waals surface area contributed by atoms with Gasteiger partial charge in [0, 0.05) is 24.8 Å². The topological polar surface area (TPSA) is 84.4 Å². The summed E-state index contributed by atoms with van der Waals surface area (Å²) in [6.07, 6.45) is 5.71. The predicted molar refractivity (Wildman–Crippen MR) is 92.6 cm³/mol. The number of aryl methyl sites for hydroxylation is 1. The number of rotatable bonds is 4. The third kappa shape index (κ3) is 3.28. The van der Waals surface area contributed by atoms with E-state index in [1.54, 1.807) is 0 Å². The fourth-order valence-corrected chi connectivity index (χ4v) is 3.40. The van der Waals surface area contributed by atoms with Gasteiger partial charge in [-0.05, 0) is 43.4 Å². The molecule has 0 radical (unpaired) electrons. The van der Waals surface area contributed by atoms with Crippen LogP contribution in [0.25, 0.3) is 11.1 Å². The lowest BCUT2D eigenvalue weighted by molar-refractivity contribution is 0.0967. The molecule has 1 fully saturated rings. The van der Waals surface area contributed by atoms with Crippen molar-refractivity contribution in [2.45, 2.75) is 44.8 Å². The molecule has 0 spiro atoms. The Kier molecular flexibility index (Phi) is 4.85. The Hall–Kier alpha value is -2.34. The van der Waals surface area contributed by atoms with Crippen LogP contribution in [0.4, 0.5) is 4.79 Å². The molecule has 6 nitrogen and oxygen atoms in total. The number of nitrogens with zero attached hydrogens (tertiary/aromatic N) is 3. The van der Waals surface area contributed by atoms with E-state index in [4.69, 9.17) is 5.73 Å². The molecule has 2 atom stereocenters. The van der Waals surface area contributed by atoms with Crippen molar-refractivity contribution in [1.29, 1.82) is 0 Å². The standard InChI is InChI=1S/C18H24N4O2/c1-2-21-12-15(11-20-21)13-6-5-7-14(10-13)17(19)16-8-3-4-9-22(16)18(23)24/h5-7,10-12,16-17H,2-4,8-9,19H2,1H3,(H,23,24)/t16-,17-/m1/s1. The lowest BCUT2D eigenvalue weighted by Gasteiger charge is -2.37. The molecule has 1 aromatic carbocycles. The van der Waals surface area contributed by atoms with Crippen LogP contribution in [0.15, 0.2) is 36.7 Å². The Morgan fingerprint density at radius 2 is 2.25 bits per heavy atom. The average molecular weight is 328 g/mol. The zero-order chi connectivity index (χ0) is 17.1. The van der Waals surface area contributed by atoms with Crippen LogP contribution < -0.4 is 5.73 Å². The molecule has 128 valence electrons. The second-order valence-corrected chi connectivity index (χ2v) is 6.28. The maximum atomic E-state index is 11.5. The number of hydrogen-bond acceptors (Lipinski definition) is 3. The van der Waals surface area contributed by atoms with E-state index in [9.17, 15) is 9.90 Å². The second kappa shape index (κ2) is 7.05. The Morgan fingerprint density at radius 1 is 1.42 bits per heavy atom. The monoisotopic (exact) mass is 328 g/mol. The number of aromatic nitrogens is 2. The van der Waals surface area contributed by atoms with Gasteiger partial charge in [-0.3, -0.25) is 4.68 Å². The minimum Gasteiger partial charge on any atom is -0.465 e. The van der Waals surface area contributed by atoms with Gasteiger partial charge in [-0.15, -0.1) is 0 Å². The number of piperidine rings is 1. The number of likely N-dealkylation sites (tertiary alicyclic amines) is 1. The van der Waals surface area contributed by atoms with Crippen LogP contribution in [-0.4, -0.2) is 38.5 Å². The highest BCUT2D eigenvalue weighted by Crippen LogP contribution is 2.29. The molecule has 6 heteroatoms. The molecular formula is C18H24N4O2. The van der Waals surface area contributed by atoms with E-state index >= 15 is 0 Å². The van der Waals surface area contributed by atoms with E-state index in [-0.39, 0.29) is 12.1 Å². The first-order chi connectivity index (χ1) is 11.6. The van der Waals surface area contributed by atoms with Gasteiger partial charge in [-0.25, -0.2) is 4.79 Å². The summed E-state index contributed by atoms with van der Waals surface area (Å²) in [5.41, 5.74) is 9.52. The van der Waals surface area contributed by atoms with Gasteiger partial charge in [0.2, 0.25) is 0 Å². The maximum Gasteiger partial charge on any atom is 0.407 e. The molecule has 2 heterocycles. The fraction of sp³-hybridized carbons (Fsp3) is 0.444. The minimum atomic E-state index is -0.879. The first kappa shape index (κ1) is 16.5. The Bertz CT molecular complexity index is 713. The molecule has 0 saturated carbocycles. The van der Waals surface area contributed by atoms with Crippen LogP contribution in [0.3, 0.4) is 0 Å². The number of benzene rings is 1. The summed E-state index contributed by atoms with van der Waals surface area (Å²) in [6, 6.07) is 7.56. The Labute approximate surface area is 141 Å². The van der Waals surface area contributed by atoms with Crippen molar-refractivity contribution in [2.24, 2.45) is 5.73 Å². The fourth-order valence-electron chi connectivity index (χ4n) is 3.40. The molecule has 0 unspecified atom stereocenters. The van der Waals surface area contributed by atoms with E-state index in [1.807, 2.05) is 42.2 Å². The summed E-state index contributed by atoms with van der Waals surface area (Å²) in [5, 5.41) is 13.7. The Balaban J connectivity index is 1.85. The molecule has 3 N–H and O–H groups in total. The van der Waals surface area contributed by atoms with Crippen molar-refractivity contribution in [3.05, 3.63) is 42.2 Å². The molecule has 24 heavy (non-hydrogen) atoms.